The van der Waals surface area contributed by atoms with Crippen LogP contribution in [0.5, 0.6) is 0 Å². The van der Waals surface area contributed by atoms with Crippen LogP contribution < -0.4 is 0 Å². The van der Waals surface area contributed by atoms with Gasteiger partial charge in [0.25, 0.3) is 0 Å². The fraction of sp³-hybridized carbons (Fsp3) is 1.00. The number of thiol groups is 1. The van der Waals surface area contributed by atoms with Crippen molar-refractivity contribution in [2.24, 2.45) is 0 Å². The van der Waals surface area contributed by atoms with Gasteiger partial charge in [0, 0.05) is 20.8 Å². The van der Waals surface area contributed by atoms with Crippen molar-refractivity contribution in [3.05, 3.63) is 0 Å². The molecule has 3 nitrogen and oxygen atoms in total. The van der Waals surface area contributed by atoms with Crippen LogP contribution in [0.25, 0.3) is 0 Å². The van der Waals surface area contributed by atoms with Gasteiger partial charge in [-0.15, -0.1) is 0 Å². The molecular formula is C7H18O3SSi. The van der Waals surface area contributed by atoms with Gasteiger partial charge in [0.2, 0.25) is 0 Å². The van der Waals surface area contributed by atoms with E-state index in [4.69, 9.17) is 13.3 Å². The average Bonchev–Trinajstić information content (AvgIpc) is 2.11. The van der Waals surface area contributed by atoms with Gasteiger partial charge in [-0.05, 0) is 18.6 Å². The van der Waals surface area contributed by atoms with Crippen molar-refractivity contribution in [2.45, 2.75) is 19.3 Å². The second-order valence-electron chi connectivity index (χ2n) is 2.42. The number of hydrogen-bond acceptors (Lipinski definition) is 4. The van der Waals surface area contributed by atoms with Crippen molar-refractivity contribution in [1.29, 1.82) is 0 Å². The summed E-state index contributed by atoms with van der Waals surface area (Å²) in [6.07, 6.45) is 3.38. The van der Waals surface area contributed by atoms with Gasteiger partial charge in [-0.3, -0.25) is 0 Å². The molecule has 0 saturated heterocycles. The third kappa shape index (κ3) is 7.12. The topological polar surface area (TPSA) is 27.7 Å². The first kappa shape index (κ1) is 12.4. The van der Waals surface area contributed by atoms with E-state index in [0.29, 0.717) is 0 Å². The van der Waals surface area contributed by atoms with Crippen LogP contribution in [-0.2, 0) is 13.3 Å². The Kier molecular flexibility index (Phi) is 9.89. The highest BCUT2D eigenvalue weighted by molar-refractivity contribution is 7.80. The summed E-state index contributed by atoms with van der Waals surface area (Å²) in [7, 11) is 1.48. The Bertz CT molecular complexity index is 90.7. The van der Waals surface area contributed by atoms with E-state index in [-0.39, 0.29) is 0 Å². The summed E-state index contributed by atoms with van der Waals surface area (Å²) in [4.78, 5) is 0. The second-order valence-corrected chi connectivity index (χ2v) is 4.72. The largest absolute Gasteiger partial charge is 0.483 e. The molecule has 0 radical (unpaired) electrons. The van der Waals surface area contributed by atoms with Gasteiger partial charge in [-0.1, -0.05) is 6.42 Å². The summed E-state index contributed by atoms with van der Waals surface area (Å²) in [5, 5.41) is 0. The maximum Gasteiger partial charge on any atom is 0.483 e. The van der Waals surface area contributed by atoms with E-state index in [1.165, 1.54) is 0 Å². The fourth-order valence-corrected chi connectivity index (χ4v) is 1.85. The van der Waals surface area contributed by atoms with Gasteiger partial charge in [-0.2, -0.15) is 12.6 Å². The Labute approximate surface area is 81.8 Å². The molecule has 0 N–H and O–H groups in total. The maximum absolute atomic E-state index is 5.36. The molecule has 0 aliphatic heterocycles. The van der Waals surface area contributed by atoms with E-state index < -0.39 is 9.53 Å². The van der Waals surface area contributed by atoms with Gasteiger partial charge in [0.1, 0.15) is 0 Å². The fourth-order valence-electron chi connectivity index (χ4n) is 0.803. The maximum atomic E-state index is 5.36. The van der Waals surface area contributed by atoms with Crippen molar-refractivity contribution in [3.8, 4) is 0 Å². The summed E-state index contributed by atoms with van der Waals surface area (Å²) >= 11 is 4.12. The highest BCUT2D eigenvalue weighted by atomic mass is 32.1. The molecule has 0 aromatic heterocycles. The molecule has 0 spiro atoms. The van der Waals surface area contributed by atoms with E-state index in [0.717, 1.165) is 31.6 Å². The predicted octanol–water partition coefficient (Wildman–Crippen LogP) is 1.11. The first-order chi connectivity index (χ1) is 5.85. The molecule has 0 rings (SSSR count). The quantitative estimate of drug-likeness (QED) is 0.369. The summed E-state index contributed by atoms with van der Waals surface area (Å²) in [5.41, 5.74) is 0. The zero-order chi connectivity index (χ0) is 9.23. The molecule has 0 aromatic rings. The van der Waals surface area contributed by atoms with Gasteiger partial charge < -0.3 is 13.3 Å². The predicted molar refractivity (Wildman–Crippen MR) is 54.8 cm³/mol. The molecule has 0 bridgehead atoms. The lowest BCUT2D eigenvalue weighted by Gasteiger charge is -2.10. The van der Waals surface area contributed by atoms with Crippen LogP contribution in [0.4, 0.5) is 0 Å². The van der Waals surface area contributed by atoms with Crippen LogP contribution in [0.3, 0.4) is 0 Å². The van der Waals surface area contributed by atoms with Crippen LogP contribution in [0.2, 0.25) is 0 Å². The molecule has 0 amide bonds. The van der Waals surface area contributed by atoms with Crippen molar-refractivity contribution in [3.63, 3.8) is 0 Å². The van der Waals surface area contributed by atoms with E-state index in [2.05, 4.69) is 12.6 Å². The highest BCUT2D eigenvalue weighted by Crippen LogP contribution is 1.98. The minimum Gasteiger partial charge on any atom is -0.379 e. The van der Waals surface area contributed by atoms with Crippen molar-refractivity contribution >= 4 is 22.2 Å². The Morgan fingerprint density at radius 2 is 1.75 bits per heavy atom. The molecule has 0 atom stereocenters. The van der Waals surface area contributed by atoms with Crippen LogP contribution in [-0.4, -0.2) is 36.1 Å². The smallest absolute Gasteiger partial charge is 0.379 e. The SMILES string of the molecule is CO[SiH](OC)OCCCCCS. The third-order valence-electron chi connectivity index (χ3n) is 1.44. The lowest BCUT2D eigenvalue weighted by atomic mass is 10.3. The Morgan fingerprint density at radius 1 is 1.08 bits per heavy atom. The Morgan fingerprint density at radius 3 is 2.25 bits per heavy atom. The van der Waals surface area contributed by atoms with Crippen molar-refractivity contribution < 1.29 is 13.3 Å². The van der Waals surface area contributed by atoms with Crippen LogP contribution >= 0.6 is 12.6 Å². The van der Waals surface area contributed by atoms with Crippen LogP contribution in [0.1, 0.15) is 19.3 Å². The van der Waals surface area contributed by atoms with Crippen molar-refractivity contribution in [2.75, 3.05) is 26.6 Å². The third-order valence-corrected chi connectivity index (χ3v) is 3.04. The standard InChI is InChI=1S/C7H18O3SSi/c1-8-12(9-2)10-6-4-3-5-7-11/h11-12H,3-7H2,1-2H3. The van der Waals surface area contributed by atoms with Gasteiger partial charge in [0.05, 0.1) is 0 Å². The highest BCUT2D eigenvalue weighted by Gasteiger charge is 2.09. The Hall–Kier alpha value is 0.447. The molecule has 0 unspecified atom stereocenters. The number of hydrogen-bond donors (Lipinski definition) is 1. The molecule has 5 heteroatoms. The zero-order valence-electron chi connectivity index (χ0n) is 7.78. The molecule has 0 aromatic carbocycles. The molecule has 0 heterocycles. The number of unbranched alkanes of at least 4 members (excludes halogenated alkanes) is 2. The Balaban J connectivity index is 3.06. The van der Waals surface area contributed by atoms with Crippen LogP contribution in [0, 0.1) is 0 Å². The summed E-state index contributed by atoms with van der Waals surface area (Å²) in [6, 6.07) is 0. The average molecular weight is 210 g/mol. The van der Waals surface area contributed by atoms with E-state index in [1.807, 2.05) is 0 Å². The molecular weight excluding hydrogens is 192 g/mol. The molecule has 0 saturated carbocycles. The molecule has 0 aliphatic rings. The molecule has 0 fully saturated rings. The van der Waals surface area contributed by atoms with E-state index >= 15 is 0 Å². The van der Waals surface area contributed by atoms with E-state index in [1.54, 1.807) is 14.2 Å². The number of rotatable bonds is 8. The molecule has 12 heavy (non-hydrogen) atoms. The van der Waals surface area contributed by atoms with Gasteiger partial charge >= 0.3 is 9.53 Å². The van der Waals surface area contributed by atoms with E-state index in [9.17, 15) is 0 Å². The van der Waals surface area contributed by atoms with Gasteiger partial charge in [0.15, 0.2) is 0 Å². The summed E-state index contributed by atoms with van der Waals surface area (Å²) in [6.45, 7) is 0.742. The first-order valence-electron chi connectivity index (χ1n) is 4.13. The lowest BCUT2D eigenvalue weighted by Crippen LogP contribution is -2.24. The zero-order valence-corrected chi connectivity index (χ0v) is 9.83. The van der Waals surface area contributed by atoms with Crippen LogP contribution in [0.15, 0.2) is 0 Å². The molecule has 0 aliphatic carbocycles. The van der Waals surface area contributed by atoms with Crippen molar-refractivity contribution in [1.82, 2.24) is 0 Å². The van der Waals surface area contributed by atoms with Gasteiger partial charge in [-0.25, -0.2) is 0 Å². The summed E-state index contributed by atoms with van der Waals surface area (Å²) < 4.78 is 15.3. The minimum absolute atomic E-state index is 0.742. The minimum atomic E-state index is -1.76. The summed E-state index contributed by atoms with van der Waals surface area (Å²) in [5.74, 6) is 0.954. The monoisotopic (exact) mass is 210 g/mol. The first-order valence-corrected chi connectivity index (χ1v) is 6.18. The molecule has 74 valence electrons. The normalized spacial score (nSPS) is 11.0. The lowest BCUT2D eigenvalue weighted by molar-refractivity contribution is 0.133. The second kappa shape index (κ2) is 9.53.